The van der Waals surface area contributed by atoms with Crippen molar-refractivity contribution in [2.45, 2.75) is 63.9 Å². The van der Waals surface area contributed by atoms with Crippen molar-refractivity contribution in [3.05, 3.63) is 34.3 Å². The molecular formula is C18H25F3N6O2S. The second-order valence-corrected chi connectivity index (χ2v) is 7.67. The van der Waals surface area contributed by atoms with E-state index in [4.69, 9.17) is 16.0 Å². The maximum absolute atomic E-state index is 12.8. The van der Waals surface area contributed by atoms with Crippen LogP contribution in [0.25, 0.3) is 0 Å². The van der Waals surface area contributed by atoms with Gasteiger partial charge in [-0.25, -0.2) is 9.78 Å². The number of halogens is 3. The van der Waals surface area contributed by atoms with Gasteiger partial charge in [0.2, 0.25) is 0 Å². The summed E-state index contributed by atoms with van der Waals surface area (Å²) in [6, 6.07) is 1.18. The van der Waals surface area contributed by atoms with Crippen molar-refractivity contribution < 1.29 is 23.1 Å². The molecule has 6 N–H and O–H groups in total. The van der Waals surface area contributed by atoms with Gasteiger partial charge in [0, 0.05) is 17.3 Å². The van der Waals surface area contributed by atoms with Crippen molar-refractivity contribution in [2.24, 2.45) is 10.9 Å². The minimum absolute atomic E-state index is 0.00569. The smallest absolute Gasteiger partial charge is 0.390 e. The Balaban J connectivity index is 0.000000232. The Morgan fingerprint density at radius 3 is 2.53 bits per heavy atom. The number of nitrogens with one attached hydrogen (secondary N) is 1. The molecule has 0 unspecified atom stereocenters. The number of aliphatic hydroxyl groups is 1. The minimum atomic E-state index is -4.53. The van der Waals surface area contributed by atoms with Crippen molar-refractivity contribution in [3.8, 4) is 0 Å². The van der Waals surface area contributed by atoms with E-state index in [1.165, 1.54) is 6.92 Å². The Labute approximate surface area is 176 Å². The standard InChI is InChI=1S/C11H12F3N3O.C7H13N3OS/c1-5-8(17-10(15)18)6-3-2-4-7(6)16-9(5)11(12,13)14;1-5(2)10-6(4-11)3-7(9-10)12-8/h2-4H2,1H3,(H3,15,16,17,18);3,5,11H,4,8H2,1-2H3. The molecule has 0 aliphatic heterocycles. The molecule has 166 valence electrons. The van der Waals surface area contributed by atoms with Crippen LogP contribution in [0.15, 0.2) is 11.1 Å². The lowest BCUT2D eigenvalue weighted by Crippen LogP contribution is -2.23. The summed E-state index contributed by atoms with van der Waals surface area (Å²) < 4.78 is 40.3. The Kier molecular flexibility index (Phi) is 7.72. The average molecular weight is 446 g/mol. The van der Waals surface area contributed by atoms with Gasteiger partial charge in [-0.05, 0) is 63.6 Å². The normalized spacial score (nSPS) is 13.1. The van der Waals surface area contributed by atoms with Gasteiger partial charge >= 0.3 is 12.2 Å². The van der Waals surface area contributed by atoms with Crippen LogP contribution in [0.1, 0.15) is 54.5 Å². The third-order valence-electron chi connectivity index (χ3n) is 4.55. The molecule has 1 aliphatic carbocycles. The van der Waals surface area contributed by atoms with Crippen molar-refractivity contribution in [1.29, 1.82) is 0 Å². The van der Waals surface area contributed by atoms with Crippen LogP contribution in [0, 0.1) is 6.92 Å². The van der Waals surface area contributed by atoms with Crippen LogP contribution in [-0.2, 0) is 25.6 Å². The fourth-order valence-electron chi connectivity index (χ4n) is 3.28. The van der Waals surface area contributed by atoms with Crippen LogP contribution in [0.3, 0.4) is 0 Å². The highest BCUT2D eigenvalue weighted by Gasteiger charge is 2.37. The van der Waals surface area contributed by atoms with Gasteiger partial charge in [-0.15, -0.1) is 0 Å². The van der Waals surface area contributed by atoms with Gasteiger partial charge in [0.1, 0.15) is 10.7 Å². The number of urea groups is 1. The zero-order valence-corrected chi connectivity index (χ0v) is 17.7. The van der Waals surface area contributed by atoms with E-state index in [0.717, 1.165) is 29.1 Å². The highest BCUT2D eigenvalue weighted by Crippen LogP contribution is 2.38. The van der Waals surface area contributed by atoms with Crippen LogP contribution < -0.4 is 16.2 Å². The number of aliphatic hydroxyl groups excluding tert-OH is 1. The molecule has 0 bridgehead atoms. The van der Waals surface area contributed by atoms with E-state index in [9.17, 15) is 18.0 Å². The lowest BCUT2D eigenvalue weighted by molar-refractivity contribution is -0.141. The number of nitrogens with two attached hydrogens (primary N) is 2. The lowest BCUT2D eigenvalue weighted by atomic mass is 10.1. The molecule has 0 spiro atoms. The Bertz CT molecular complexity index is 914. The molecule has 2 heterocycles. The summed E-state index contributed by atoms with van der Waals surface area (Å²) in [4.78, 5) is 14.6. The highest BCUT2D eigenvalue weighted by atomic mass is 32.2. The van der Waals surface area contributed by atoms with Crippen molar-refractivity contribution in [3.63, 3.8) is 0 Å². The fourth-order valence-corrected chi connectivity index (χ4v) is 3.62. The summed E-state index contributed by atoms with van der Waals surface area (Å²) in [6.07, 6.45) is -2.70. The van der Waals surface area contributed by atoms with E-state index in [0.29, 0.717) is 24.1 Å². The van der Waals surface area contributed by atoms with Crippen LogP contribution in [0.2, 0.25) is 0 Å². The minimum Gasteiger partial charge on any atom is -0.390 e. The summed E-state index contributed by atoms with van der Waals surface area (Å²) in [6.45, 7) is 5.32. The highest BCUT2D eigenvalue weighted by molar-refractivity contribution is 7.97. The monoisotopic (exact) mass is 446 g/mol. The van der Waals surface area contributed by atoms with Crippen LogP contribution in [0.5, 0.6) is 0 Å². The number of alkyl halides is 3. The topological polar surface area (TPSA) is 132 Å². The van der Waals surface area contributed by atoms with Gasteiger partial charge in [-0.2, -0.15) is 18.3 Å². The summed E-state index contributed by atoms with van der Waals surface area (Å²) >= 11 is 1.09. The summed E-state index contributed by atoms with van der Waals surface area (Å²) in [7, 11) is 0. The SMILES string of the molecule is CC(C)n1nc(SN)cc1CO.Cc1c(C(F)(F)F)nc2c(c1NC(N)=O)CCC2. The molecule has 0 saturated carbocycles. The molecule has 2 aromatic rings. The Morgan fingerprint density at radius 2 is 2.07 bits per heavy atom. The molecule has 12 heteroatoms. The first kappa shape index (κ1) is 24.0. The molecule has 2 amide bonds. The predicted octanol–water partition coefficient (Wildman–Crippen LogP) is 3.31. The number of aryl methyl sites for hydroxylation is 1. The van der Waals surface area contributed by atoms with E-state index < -0.39 is 17.9 Å². The van der Waals surface area contributed by atoms with Gasteiger partial charge in [0.25, 0.3) is 0 Å². The van der Waals surface area contributed by atoms with E-state index in [1.54, 1.807) is 10.7 Å². The zero-order chi connectivity index (χ0) is 22.6. The number of anilines is 1. The molecule has 0 atom stereocenters. The molecule has 30 heavy (non-hydrogen) atoms. The van der Waals surface area contributed by atoms with Crippen LogP contribution >= 0.6 is 11.9 Å². The summed E-state index contributed by atoms with van der Waals surface area (Å²) in [5, 5.41) is 21.5. The quantitative estimate of drug-likeness (QED) is 0.533. The molecule has 1 aliphatic rings. The number of pyridine rings is 1. The average Bonchev–Trinajstić information content (AvgIpc) is 3.29. The van der Waals surface area contributed by atoms with Gasteiger partial charge in [-0.3, -0.25) is 9.82 Å². The summed E-state index contributed by atoms with van der Waals surface area (Å²) in [5.74, 6) is 0. The third kappa shape index (κ3) is 5.43. The van der Waals surface area contributed by atoms with E-state index >= 15 is 0 Å². The molecule has 3 rings (SSSR count). The van der Waals surface area contributed by atoms with Gasteiger partial charge in [0.05, 0.1) is 18.0 Å². The van der Waals surface area contributed by atoms with Crippen molar-refractivity contribution >= 4 is 23.7 Å². The van der Waals surface area contributed by atoms with Crippen LogP contribution in [-0.4, -0.2) is 25.9 Å². The zero-order valence-electron chi connectivity index (χ0n) is 16.9. The number of amides is 2. The van der Waals surface area contributed by atoms with Gasteiger partial charge in [0.15, 0.2) is 0 Å². The largest absolute Gasteiger partial charge is 0.433 e. The first-order valence-electron chi connectivity index (χ1n) is 9.21. The number of primary amides is 1. The lowest BCUT2D eigenvalue weighted by Gasteiger charge is -2.17. The molecule has 0 fully saturated rings. The van der Waals surface area contributed by atoms with Gasteiger partial charge in [-0.1, -0.05) is 0 Å². The van der Waals surface area contributed by atoms with Gasteiger partial charge < -0.3 is 16.2 Å². The van der Waals surface area contributed by atoms with Crippen LogP contribution in [0.4, 0.5) is 23.7 Å². The van der Waals surface area contributed by atoms with Crippen molar-refractivity contribution in [1.82, 2.24) is 14.8 Å². The maximum atomic E-state index is 12.8. The number of rotatable bonds is 4. The number of carbonyl (C=O) groups is 1. The molecule has 0 saturated heterocycles. The number of hydrogen-bond donors (Lipinski definition) is 4. The number of carbonyl (C=O) groups excluding carboxylic acids is 1. The second-order valence-electron chi connectivity index (χ2n) is 7.01. The first-order valence-corrected chi connectivity index (χ1v) is 10.1. The van der Waals surface area contributed by atoms with E-state index in [1.807, 2.05) is 13.8 Å². The molecule has 0 aromatic carbocycles. The number of nitrogens with zero attached hydrogens (tertiary/aromatic N) is 3. The van der Waals surface area contributed by atoms with Crippen molar-refractivity contribution in [2.75, 3.05) is 5.32 Å². The fraction of sp³-hybridized carbons (Fsp3) is 0.500. The second kappa shape index (κ2) is 9.67. The Morgan fingerprint density at radius 1 is 1.40 bits per heavy atom. The number of aromatic nitrogens is 3. The summed E-state index contributed by atoms with van der Waals surface area (Å²) in [5.41, 5.74) is 5.99. The molecule has 8 nitrogen and oxygen atoms in total. The molecule has 0 radical (unpaired) electrons. The third-order valence-corrected chi connectivity index (χ3v) is 4.99. The Hall–Kier alpha value is -2.31. The van der Waals surface area contributed by atoms with E-state index in [2.05, 4.69) is 15.4 Å². The predicted molar refractivity (Wildman–Crippen MR) is 108 cm³/mol. The first-order chi connectivity index (χ1) is 14.0. The number of fused-ring (bicyclic) bond motifs is 1. The molecular weight excluding hydrogens is 421 g/mol. The van der Waals surface area contributed by atoms with E-state index in [-0.39, 0.29) is 23.9 Å². The molecule has 2 aromatic heterocycles. The number of hydrogen-bond acceptors (Lipinski definition) is 6. The maximum Gasteiger partial charge on any atom is 0.433 e.